The molecule has 6 heteroatoms. The average molecular weight is 362 g/mol. The van der Waals surface area contributed by atoms with Crippen molar-refractivity contribution in [2.75, 3.05) is 28.4 Å². The van der Waals surface area contributed by atoms with E-state index in [1.165, 1.54) is 0 Å². The standard InChI is InChI=1S/C20H26O6/c1-11-6-17(25-4)15-10-16(20(11,19(21)22)18(15)26-5)12-7-13(23-2)9-14(8-12)24-3/h6-9,15-18H,10H2,1-5H3,(H,21,22). The second-order valence-electron chi connectivity index (χ2n) is 6.98. The fraction of sp³-hybridized carbons (Fsp3) is 0.550. The van der Waals surface area contributed by atoms with Gasteiger partial charge in [-0.1, -0.05) is 11.6 Å². The molecular formula is C20H26O6. The first-order chi connectivity index (χ1) is 12.4. The Morgan fingerprint density at radius 1 is 1.08 bits per heavy atom. The van der Waals surface area contributed by atoms with Gasteiger partial charge in [-0.2, -0.15) is 0 Å². The zero-order valence-electron chi connectivity index (χ0n) is 15.8. The first kappa shape index (κ1) is 18.7. The maximum absolute atomic E-state index is 12.6. The number of hydrogen-bond donors (Lipinski definition) is 1. The van der Waals surface area contributed by atoms with Crippen LogP contribution in [0.5, 0.6) is 11.5 Å². The number of carbonyl (C=O) groups is 1. The van der Waals surface area contributed by atoms with Crippen molar-refractivity contribution < 1.29 is 28.8 Å². The van der Waals surface area contributed by atoms with Gasteiger partial charge < -0.3 is 24.1 Å². The summed E-state index contributed by atoms with van der Waals surface area (Å²) in [6.45, 7) is 1.86. The molecule has 1 aromatic carbocycles. The molecule has 2 aliphatic carbocycles. The minimum atomic E-state index is -1.13. The summed E-state index contributed by atoms with van der Waals surface area (Å²) in [6, 6.07) is 5.56. The Morgan fingerprint density at radius 2 is 1.69 bits per heavy atom. The Bertz CT molecular complexity index is 705. The van der Waals surface area contributed by atoms with Gasteiger partial charge in [0, 0.05) is 32.1 Å². The number of methoxy groups -OCH3 is 4. The molecule has 0 aliphatic heterocycles. The molecule has 1 aromatic rings. The van der Waals surface area contributed by atoms with E-state index in [9.17, 15) is 9.90 Å². The summed E-state index contributed by atoms with van der Waals surface area (Å²) < 4.78 is 22.1. The van der Waals surface area contributed by atoms with Gasteiger partial charge >= 0.3 is 5.97 Å². The smallest absolute Gasteiger partial charge is 0.317 e. The molecule has 2 bridgehead atoms. The number of carboxylic acid groups (broad SMARTS) is 1. The normalized spacial score (nSPS) is 32.9. The molecule has 142 valence electrons. The van der Waals surface area contributed by atoms with Crippen LogP contribution >= 0.6 is 0 Å². The largest absolute Gasteiger partial charge is 0.497 e. The Labute approximate surface area is 153 Å². The predicted molar refractivity (Wildman–Crippen MR) is 95.8 cm³/mol. The molecule has 0 spiro atoms. The third kappa shape index (κ3) is 2.51. The topological polar surface area (TPSA) is 74.2 Å². The van der Waals surface area contributed by atoms with Crippen LogP contribution in [0, 0.1) is 11.3 Å². The van der Waals surface area contributed by atoms with Crippen LogP contribution in [0.1, 0.15) is 24.8 Å². The minimum absolute atomic E-state index is 0.0352. The van der Waals surface area contributed by atoms with E-state index >= 15 is 0 Å². The van der Waals surface area contributed by atoms with E-state index in [2.05, 4.69) is 0 Å². The minimum Gasteiger partial charge on any atom is -0.497 e. The summed E-state index contributed by atoms with van der Waals surface area (Å²) in [7, 11) is 6.40. The fourth-order valence-corrected chi connectivity index (χ4v) is 4.90. The Hall–Kier alpha value is -2.05. The van der Waals surface area contributed by atoms with Crippen LogP contribution in [0.25, 0.3) is 0 Å². The van der Waals surface area contributed by atoms with Crippen molar-refractivity contribution in [2.45, 2.75) is 31.5 Å². The Morgan fingerprint density at radius 3 is 2.15 bits per heavy atom. The van der Waals surface area contributed by atoms with Gasteiger partial charge in [0.1, 0.15) is 16.9 Å². The molecule has 0 aromatic heterocycles. The van der Waals surface area contributed by atoms with E-state index in [1.807, 2.05) is 25.1 Å². The third-order valence-corrected chi connectivity index (χ3v) is 6.04. The van der Waals surface area contributed by atoms with Gasteiger partial charge in [-0.3, -0.25) is 4.79 Å². The number of ether oxygens (including phenoxy) is 4. The van der Waals surface area contributed by atoms with Crippen molar-refractivity contribution in [1.82, 2.24) is 0 Å². The molecule has 0 heterocycles. The molecular weight excluding hydrogens is 336 g/mol. The van der Waals surface area contributed by atoms with E-state index < -0.39 is 17.5 Å². The monoisotopic (exact) mass is 362 g/mol. The van der Waals surface area contributed by atoms with Gasteiger partial charge in [-0.05, 0) is 31.0 Å². The molecule has 1 fully saturated rings. The Balaban J connectivity index is 2.20. The molecule has 5 unspecified atom stereocenters. The highest BCUT2D eigenvalue weighted by atomic mass is 16.5. The van der Waals surface area contributed by atoms with Crippen LogP contribution in [0.15, 0.2) is 29.8 Å². The highest BCUT2D eigenvalue weighted by molar-refractivity contribution is 5.83. The molecule has 0 amide bonds. The average Bonchev–Trinajstić information content (AvgIpc) is 2.94. The van der Waals surface area contributed by atoms with Crippen LogP contribution in [0.4, 0.5) is 0 Å². The number of carboxylic acids is 1. The Kier molecular flexibility index (Phi) is 4.99. The lowest BCUT2D eigenvalue weighted by molar-refractivity contribution is -0.157. The van der Waals surface area contributed by atoms with E-state index in [0.29, 0.717) is 17.9 Å². The summed E-state index contributed by atoms with van der Waals surface area (Å²) >= 11 is 0. The fourth-order valence-electron chi connectivity index (χ4n) is 4.90. The summed E-state index contributed by atoms with van der Waals surface area (Å²) in [5, 5.41) is 10.3. The molecule has 1 N–H and O–H groups in total. The summed E-state index contributed by atoms with van der Waals surface area (Å²) in [4.78, 5) is 12.6. The summed E-state index contributed by atoms with van der Waals surface area (Å²) in [6.07, 6.45) is 1.96. The molecule has 5 atom stereocenters. The zero-order chi connectivity index (χ0) is 19.1. The van der Waals surface area contributed by atoms with Crippen LogP contribution in [-0.4, -0.2) is 51.7 Å². The van der Waals surface area contributed by atoms with Gasteiger partial charge in [0.05, 0.1) is 26.4 Å². The second-order valence-corrected chi connectivity index (χ2v) is 6.98. The zero-order valence-corrected chi connectivity index (χ0v) is 15.8. The van der Waals surface area contributed by atoms with Crippen LogP contribution in [0.3, 0.4) is 0 Å². The van der Waals surface area contributed by atoms with E-state index in [-0.39, 0.29) is 17.9 Å². The first-order valence-electron chi connectivity index (χ1n) is 8.64. The molecule has 0 radical (unpaired) electrons. The third-order valence-electron chi connectivity index (χ3n) is 6.04. The van der Waals surface area contributed by atoms with Crippen molar-refractivity contribution in [1.29, 1.82) is 0 Å². The molecule has 6 nitrogen and oxygen atoms in total. The highest BCUT2D eigenvalue weighted by Gasteiger charge is 2.65. The SMILES string of the molecule is COc1cc(OC)cc(C2CC3C(OC)C=C(C)C2(C(=O)O)C3OC)c1. The number of benzene rings is 1. The van der Waals surface area contributed by atoms with Crippen molar-refractivity contribution in [2.24, 2.45) is 11.3 Å². The molecule has 3 rings (SSSR count). The number of aliphatic carboxylic acids is 1. The van der Waals surface area contributed by atoms with Crippen molar-refractivity contribution in [3.8, 4) is 11.5 Å². The van der Waals surface area contributed by atoms with Crippen LogP contribution < -0.4 is 9.47 Å². The second kappa shape index (κ2) is 6.93. The van der Waals surface area contributed by atoms with Crippen LogP contribution in [0.2, 0.25) is 0 Å². The predicted octanol–water partition coefficient (Wildman–Crippen LogP) is 2.87. The van der Waals surface area contributed by atoms with Gasteiger partial charge in [0.25, 0.3) is 0 Å². The van der Waals surface area contributed by atoms with Gasteiger partial charge in [0.2, 0.25) is 0 Å². The molecule has 0 saturated heterocycles. The van der Waals surface area contributed by atoms with E-state index in [0.717, 1.165) is 11.1 Å². The van der Waals surface area contributed by atoms with Gasteiger partial charge in [-0.25, -0.2) is 0 Å². The lowest BCUT2D eigenvalue weighted by Gasteiger charge is -2.41. The van der Waals surface area contributed by atoms with Crippen LogP contribution in [-0.2, 0) is 14.3 Å². The van der Waals surface area contributed by atoms with E-state index in [4.69, 9.17) is 18.9 Å². The molecule has 2 aliphatic rings. The first-order valence-corrected chi connectivity index (χ1v) is 8.64. The van der Waals surface area contributed by atoms with Crippen molar-refractivity contribution in [3.63, 3.8) is 0 Å². The van der Waals surface area contributed by atoms with Gasteiger partial charge in [0.15, 0.2) is 0 Å². The van der Waals surface area contributed by atoms with Crippen molar-refractivity contribution in [3.05, 3.63) is 35.4 Å². The van der Waals surface area contributed by atoms with E-state index in [1.54, 1.807) is 34.5 Å². The summed E-state index contributed by atoms with van der Waals surface area (Å²) in [5.41, 5.74) is 0.508. The number of hydrogen-bond acceptors (Lipinski definition) is 5. The van der Waals surface area contributed by atoms with Crippen molar-refractivity contribution >= 4 is 5.97 Å². The maximum Gasteiger partial charge on any atom is 0.317 e. The molecule has 1 saturated carbocycles. The maximum atomic E-state index is 12.6. The quantitative estimate of drug-likeness (QED) is 0.785. The van der Waals surface area contributed by atoms with Gasteiger partial charge in [-0.15, -0.1) is 0 Å². The number of rotatable bonds is 6. The highest BCUT2D eigenvalue weighted by Crippen LogP contribution is 2.61. The lowest BCUT2D eigenvalue weighted by atomic mass is 9.66. The number of fused-ring (bicyclic) bond motifs is 2. The lowest BCUT2D eigenvalue weighted by Crippen LogP contribution is -2.50. The molecule has 26 heavy (non-hydrogen) atoms. The summed E-state index contributed by atoms with van der Waals surface area (Å²) in [5.74, 6) is 0.102.